The molecule has 0 aliphatic heterocycles. The first-order chi connectivity index (χ1) is 6.57. The molecule has 1 unspecified atom stereocenters. The SMILES string of the molecule is CC(=O)N(C)CC(O)CCCCC[O]. The number of likely N-dealkylation sites (N-methyl/N-ethyl adjacent to an activating group) is 1. The number of aliphatic hydroxyl groups is 1. The Morgan fingerprint density at radius 2 is 2.00 bits per heavy atom. The van der Waals surface area contributed by atoms with Gasteiger partial charge in [-0.3, -0.25) is 4.79 Å². The fourth-order valence-corrected chi connectivity index (χ4v) is 1.19. The van der Waals surface area contributed by atoms with Crippen LogP contribution in [0.1, 0.15) is 32.6 Å². The van der Waals surface area contributed by atoms with Gasteiger partial charge in [0.25, 0.3) is 0 Å². The number of carbonyl (C=O) groups excluding carboxylic acids is 1. The summed E-state index contributed by atoms with van der Waals surface area (Å²) in [7, 11) is 1.67. The molecule has 4 nitrogen and oxygen atoms in total. The minimum Gasteiger partial charge on any atom is -0.391 e. The highest BCUT2D eigenvalue weighted by molar-refractivity contribution is 5.72. The van der Waals surface area contributed by atoms with Crippen LogP contribution in [0, 0.1) is 0 Å². The molecular weight excluding hydrogens is 182 g/mol. The summed E-state index contributed by atoms with van der Waals surface area (Å²) >= 11 is 0. The topological polar surface area (TPSA) is 60.4 Å². The fourth-order valence-electron chi connectivity index (χ4n) is 1.19. The zero-order valence-electron chi connectivity index (χ0n) is 9.03. The third-order valence-electron chi connectivity index (χ3n) is 2.20. The largest absolute Gasteiger partial charge is 0.391 e. The van der Waals surface area contributed by atoms with Crippen LogP contribution in [0.5, 0.6) is 0 Å². The van der Waals surface area contributed by atoms with Gasteiger partial charge in [0.15, 0.2) is 0 Å². The quantitative estimate of drug-likeness (QED) is 0.621. The average Bonchev–Trinajstić information content (AvgIpc) is 2.12. The van der Waals surface area contributed by atoms with Crippen molar-refractivity contribution in [2.75, 3.05) is 20.2 Å². The minimum absolute atomic E-state index is 0.0383. The molecule has 0 fully saturated rings. The lowest BCUT2D eigenvalue weighted by molar-refractivity contribution is -0.128. The van der Waals surface area contributed by atoms with Crippen molar-refractivity contribution < 1.29 is 15.0 Å². The Kier molecular flexibility index (Phi) is 7.42. The molecular formula is C10H20NO3. The van der Waals surface area contributed by atoms with Crippen LogP contribution in [0.2, 0.25) is 0 Å². The number of carbonyl (C=O) groups is 1. The van der Waals surface area contributed by atoms with Gasteiger partial charge in [0, 0.05) is 20.5 Å². The van der Waals surface area contributed by atoms with Crippen molar-refractivity contribution in [2.45, 2.75) is 38.7 Å². The highest BCUT2D eigenvalue weighted by Crippen LogP contribution is 2.04. The number of amides is 1. The van der Waals surface area contributed by atoms with E-state index >= 15 is 0 Å². The normalized spacial score (nSPS) is 12.6. The van der Waals surface area contributed by atoms with Crippen LogP contribution >= 0.6 is 0 Å². The van der Waals surface area contributed by atoms with E-state index in [1.807, 2.05) is 0 Å². The number of rotatable bonds is 7. The molecule has 0 aromatic heterocycles. The Labute approximate surface area is 85.5 Å². The van der Waals surface area contributed by atoms with E-state index in [4.69, 9.17) is 0 Å². The summed E-state index contributed by atoms with van der Waals surface area (Å²) in [6, 6.07) is 0. The molecule has 14 heavy (non-hydrogen) atoms. The molecule has 1 atom stereocenters. The number of unbranched alkanes of at least 4 members (excludes halogenated alkanes) is 2. The first-order valence-corrected chi connectivity index (χ1v) is 5.05. The molecule has 0 aromatic rings. The van der Waals surface area contributed by atoms with Gasteiger partial charge in [0.2, 0.25) is 5.91 Å². The van der Waals surface area contributed by atoms with Crippen LogP contribution < -0.4 is 0 Å². The lowest BCUT2D eigenvalue weighted by atomic mass is 10.1. The van der Waals surface area contributed by atoms with Crippen molar-refractivity contribution in [2.24, 2.45) is 0 Å². The molecule has 0 saturated heterocycles. The maximum absolute atomic E-state index is 10.8. The van der Waals surface area contributed by atoms with Gasteiger partial charge in [-0.2, -0.15) is 0 Å². The number of hydrogen-bond donors (Lipinski definition) is 1. The zero-order chi connectivity index (χ0) is 11.0. The first kappa shape index (κ1) is 13.4. The molecule has 0 saturated carbocycles. The second-order valence-corrected chi connectivity index (χ2v) is 3.61. The number of nitrogens with zero attached hydrogens (tertiary/aromatic N) is 1. The van der Waals surface area contributed by atoms with Gasteiger partial charge in [-0.25, -0.2) is 5.11 Å². The van der Waals surface area contributed by atoms with Gasteiger partial charge < -0.3 is 10.0 Å². The third kappa shape index (κ3) is 6.86. The van der Waals surface area contributed by atoms with E-state index in [2.05, 4.69) is 0 Å². The summed E-state index contributed by atoms with van der Waals surface area (Å²) in [5, 5.41) is 19.6. The maximum Gasteiger partial charge on any atom is 0.219 e. The first-order valence-electron chi connectivity index (χ1n) is 5.05. The lowest BCUT2D eigenvalue weighted by Gasteiger charge is -2.19. The summed E-state index contributed by atoms with van der Waals surface area (Å²) in [6.45, 7) is 1.82. The van der Waals surface area contributed by atoms with E-state index in [0.717, 1.165) is 12.8 Å². The Bertz CT molecular complexity index is 161. The van der Waals surface area contributed by atoms with Crippen LogP contribution in [0.15, 0.2) is 0 Å². The Balaban J connectivity index is 3.45. The van der Waals surface area contributed by atoms with E-state index < -0.39 is 6.10 Å². The molecule has 1 N–H and O–H groups in total. The van der Waals surface area contributed by atoms with Crippen LogP contribution in [-0.2, 0) is 9.90 Å². The number of aliphatic hydroxyl groups excluding tert-OH is 1. The summed E-state index contributed by atoms with van der Waals surface area (Å²) in [5.74, 6) is -0.0383. The van der Waals surface area contributed by atoms with Crippen LogP contribution in [0.3, 0.4) is 0 Å². The van der Waals surface area contributed by atoms with E-state index in [1.165, 1.54) is 11.8 Å². The van der Waals surface area contributed by atoms with Crippen molar-refractivity contribution in [3.05, 3.63) is 0 Å². The molecule has 83 valence electrons. The summed E-state index contributed by atoms with van der Waals surface area (Å²) < 4.78 is 0. The molecule has 0 heterocycles. The lowest BCUT2D eigenvalue weighted by Crippen LogP contribution is -2.32. The van der Waals surface area contributed by atoms with Gasteiger partial charge in [-0.05, 0) is 12.8 Å². The van der Waals surface area contributed by atoms with E-state index in [-0.39, 0.29) is 12.5 Å². The summed E-state index contributed by atoms with van der Waals surface area (Å²) in [4.78, 5) is 12.3. The van der Waals surface area contributed by atoms with Crippen molar-refractivity contribution in [3.8, 4) is 0 Å². The van der Waals surface area contributed by atoms with Crippen LogP contribution in [0.25, 0.3) is 0 Å². The second kappa shape index (κ2) is 7.76. The molecule has 1 amide bonds. The smallest absolute Gasteiger partial charge is 0.219 e. The summed E-state index contributed by atoms with van der Waals surface area (Å²) in [6.07, 6.45) is 2.60. The van der Waals surface area contributed by atoms with Gasteiger partial charge in [0.05, 0.1) is 12.7 Å². The molecule has 0 rings (SSSR count). The maximum atomic E-state index is 10.8. The van der Waals surface area contributed by atoms with Crippen molar-refractivity contribution >= 4 is 5.91 Å². The summed E-state index contributed by atoms with van der Waals surface area (Å²) in [5.41, 5.74) is 0. The number of hydrogen-bond acceptors (Lipinski definition) is 2. The highest BCUT2D eigenvalue weighted by atomic mass is 16.3. The predicted octanol–water partition coefficient (Wildman–Crippen LogP) is 0.816. The molecule has 4 heteroatoms. The van der Waals surface area contributed by atoms with Gasteiger partial charge >= 0.3 is 0 Å². The van der Waals surface area contributed by atoms with Crippen molar-refractivity contribution in [1.29, 1.82) is 0 Å². The molecule has 0 spiro atoms. The second-order valence-electron chi connectivity index (χ2n) is 3.61. The van der Waals surface area contributed by atoms with E-state index in [1.54, 1.807) is 7.05 Å². The van der Waals surface area contributed by atoms with Crippen molar-refractivity contribution in [1.82, 2.24) is 4.90 Å². The van der Waals surface area contributed by atoms with E-state index in [0.29, 0.717) is 19.4 Å². The van der Waals surface area contributed by atoms with E-state index in [9.17, 15) is 15.0 Å². The molecule has 0 aliphatic carbocycles. The molecule has 1 radical (unpaired) electrons. The van der Waals surface area contributed by atoms with Crippen LogP contribution in [0.4, 0.5) is 0 Å². The molecule has 0 aromatic carbocycles. The zero-order valence-corrected chi connectivity index (χ0v) is 9.03. The average molecular weight is 202 g/mol. The molecule has 0 aliphatic rings. The Morgan fingerprint density at radius 1 is 1.36 bits per heavy atom. The Hall–Kier alpha value is -0.610. The highest BCUT2D eigenvalue weighted by Gasteiger charge is 2.09. The third-order valence-corrected chi connectivity index (χ3v) is 2.20. The Morgan fingerprint density at radius 3 is 2.50 bits per heavy atom. The molecule has 0 bridgehead atoms. The van der Waals surface area contributed by atoms with Gasteiger partial charge in [-0.1, -0.05) is 12.8 Å². The van der Waals surface area contributed by atoms with Gasteiger partial charge in [-0.15, -0.1) is 0 Å². The standard InChI is InChI=1S/C10H20NO3/c1-9(13)11(2)8-10(14)6-4-3-5-7-12/h10,14H,3-8H2,1-2H3. The monoisotopic (exact) mass is 202 g/mol. The fraction of sp³-hybridized carbons (Fsp3) is 0.900. The van der Waals surface area contributed by atoms with Crippen LogP contribution in [-0.4, -0.2) is 42.2 Å². The van der Waals surface area contributed by atoms with Gasteiger partial charge in [0.1, 0.15) is 0 Å². The minimum atomic E-state index is -0.462. The predicted molar refractivity (Wildman–Crippen MR) is 53.3 cm³/mol. The van der Waals surface area contributed by atoms with Crippen molar-refractivity contribution in [3.63, 3.8) is 0 Å².